The Kier molecular flexibility index (Phi) is 3.42. The first-order valence-electron chi connectivity index (χ1n) is 7.01. The second kappa shape index (κ2) is 5.37. The highest BCUT2D eigenvalue weighted by Gasteiger charge is 2.27. The molecule has 3 heteroatoms. The fourth-order valence-electron chi connectivity index (χ4n) is 2.90. The van der Waals surface area contributed by atoms with Gasteiger partial charge in [0.1, 0.15) is 0 Å². The van der Waals surface area contributed by atoms with Crippen molar-refractivity contribution in [1.29, 1.82) is 0 Å². The van der Waals surface area contributed by atoms with Crippen LogP contribution in [0.3, 0.4) is 0 Å². The summed E-state index contributed by atoms with van der Waals surface area (Å²) in [5, 5.41) is 5.72. The fraction of sp³-hybridized carbons (Fsp3) is 0.235. The molecule has 102 valence electrons. The van der Waals surface area contributed by atoms with Crippen LogP contribution in [0.25, 0.3) is 11.1 Å². The van der Waals surface area contributed by atoms with Gasteiger partial charge in [-0.1, -0.05) is 48.5 Å². The van der Waals surface area contributed by atoms with E-state index in [2.05, 4.69) is 59.2 Å². The van der Waals surface area contributed by atoms with E-state index in [0.717, 1.165) is 0 Å². The van der Waals surface area contributed by atoms with Crippen LogP contribution in [0, 0.1) is 0 Å². The maximum atomic E-state index is 11.6. The van der Waals surface area contributed by atoms with Crippen LogP contribution in [-0.2, 0) is 0 Å². The Balaban J connectivity index is 1.89. The van der Waals surface area contributed by atoms with Crippen molar-refractivity contribution in [3.63, 3.8) is 0 Å². The van der Waals surface area contributed by atoms with E-state index in [0.29, 0.717) is 13.1 Å². The third kappa shape index (κ3) is 2.16. The van der Waals surface area contributed by atoms with E-state index in [4.69, 9.17) is 0 Å². The standard InChI is InChI=1S/C17H18N2O/c1-2-18-17(20)19-11-16-14-9-5-3-7-12(14)13-8-4-6-10-15(13)16/h3-10,16H,2,11H2,1H3,(H2,18,19,20). The van der Waals surface area contributed by atoms with Crippen LogP contribution >= 0.6 is 0 Å². The van der Waals surface area contributed by atoms with E-state index in [-0.39, 0.29) is 11.9 Å². The Labute approximate surface area is 119 Å². The number of nitrogens with one attached hydrogen (secondary N) is 2. The van der Waals surface area contributed by atoms with Gasteiger partial charge in [0.15, 0.2) is 0 Å². The number of carbonyl (C=O) groups is 1. The third-order valence-electron chi connectivity index (χ3n) is 3.77. The summed E-state index contributed by atoms with van der Waals surface area (Å²) in [5.41, 5.74) is 5.16. The number of hydrogen-bond donors (Lipinski definition) is 2. The lowest BCUT2D eigenvalue weighted by Crippen LogP contribution is -2.37. The predicted octanol–water partition coefficient (Wildman–Crippen LogP) is 3.12. The van der Waals surface area contributed by atoms with Crippen molar-refractivity contribution in [1.82, 2.24) is 10.6 Å². The molecule has 0 saturated heterocycles. The molecule has 3 nitrogen and oxygen atoms in total. The molecular formula is C17H18N2O. The number of benzene rings is 2. The van der Waals surface area contributed by atoms with Crippen molar-refractivity contribution < 1.29 is 4.79 Å². The molecule has 20 heavy (non-hydrogen) atoms. The molecule has 0 radical (unpaired) electrons. The number of fused-ring (bicyclic) bond motifs is 3. The van der Waals surface area contributed by atoms with E-state index in [1.165, 1.54) is 22.3 Å². The van der Waals surface area contributed by atoms with E-state index >= 15 is 0 Å². The van der Waals surface area contributed by atoms with Gasteiger partial charge < -0.3 is 10.6 Å². The first-order chi connectivity index (χ1) is 9.81. The minimum atomic E-state index is -0.102. The van der Waals surface area contributed by atoms with Crippen LogP contribution in [0.15, 0.2) is 48.5 Å². The van der Waals surface area contributed by atoms with Gasteiger partial charge in [0, 0.05) is 19.0 Å². The van der Waals surface area contributed by atoms with Crippen molar-refractivity contribution >= 4 is 6.03 Å². The van der Waals surface area contributed by atoms with Gasteiger partial charge in [-0.25, -0.2) is 4.79 Å². The minimum absolute atomic E-state index is 0.102. The van der Waals surface area contributed by atoms with Crippen LogP contribution in [-0.4, -0.2) is 19.1 Å². The lowest BCUT2D eigenvalue weighted by atomic mass is 9.97. The quantitative estimate of drug-likeness (QED) is 0.880. The molecule has 0 bridgehead atoms. The molecule has 0 fully saturated rings. The summed E-state index contributed by atoms with van der Waals surface area (Å²) in [4.78, 5) is 11.6. The van der Waals surface area contributed by atoms with Crippen LogP contribution in [0.4, 0.5) is 4.79 Å². The van der Waals surface area contributed by atoms with Crippen LogP contribution in [0.5, 0.6) is 0 Å². The maximum absolute atomic E-state index is 11.6. The van der Waals surface area contributed by atoms with Gasteiger partial charge in [-0.2, -0.15) is 0 Å². The molecule has 2 aromatic carbocycles. The minimum Gasteiger partial charge on any atom is -0.338 e. The average Bonchev–Trinajstić information content (AvgIpc) is 2.80. The normalized spacial score (nSPS) is 12.7. The maximum Gasteiger partial charge on any atom is 0.314 e. The summed E-state index contributed by atoms with van der Waals surface area (Å²) in [6.45, 7) is 3.18. The molecule has 0 unspecified atom stereocenters. The lowest BCUT2D eigenvalue weighted by Gasteiger charge is -2.14. The monoisotopic (exact) mass is 266 g/mol. The van der Waals surface area contributed by atoms with Gasteiger partial charge in [0.25, 0.3) is 0 Å². The molecule has 0 saturated carbocycles. The molecule has 1 aliphatic carbocycles. The van der Waals surface area contributed by atoms with Crippen molar-refractivity contribution in [2.45, 2.75) is 12.8 Å². The Bertz CT molecular complexity index is 591. The topological polar surface area (TPSA) is 41.1 Å². The highest BCUT2D eigenvalue weighted by atomic mass is 16.2. The second-order valence-corrected chi connectivity index (χ2v) is 4.97. The van der Waals surface area contributed by atoms with E-state index < -0.39 is 0 Å². The highest BCUT2D eigenvalue weighted by Crippen LogP contribution is 2.43. The number of hydrogen-bond acceptors (Lipinski definition) is 1. The van der Waals surface area contributed by atoms with Crippen molar-refractivity contribution in [3.05, 3.63) is 59.7 Å². The zero-order valence-electron chi connectivity index (χ0n) is 11.5. The lowest BCUT2D eigenvalue weighted by molar-refractivity contribution is 0.241. The number of urea groups is 1. The van der Waals surface area contributed by atoms with Crippen molar-refractivity contribution in [2.24, 2.45) is 0 Å². The Hall–Kier alpha value is -2.29. The molecule has 0 aliphatic heterocycles. The summed E-state index contributed by atoms with van der Waals surface area (Å²) in [7, 11) is 0. The third-order valence-corrected chi connectivity index (χ3v) is 3.77. The predicted molar refractivity (Wildman–Crippen MR) is 80.8 cm³/mol. The van der Waals surface area contributed by atoms with E-state index in [9.17, 15) is 4.79 Å². The molecule has 0 atom stereocenters. The van der Waals surface area contributed by atoms with Gasteiger partial charge in [-0.15, -0.1) is 0 Å². The first kappa shape index (κ1) is 12.7. The van der Waals surface area contributed by atoms with Crippen molar-refractivity contribution in [3.8, 4) is 11.1 Å². The second-order valence-electron chi connectivity index (χ2n) is 4.97. The average molecular weight is 266 g/mol. The summed E-state index contributed by atoms with van der Waals surface area (Å²) in [6, 6.07) is 16.8. The SMILES string of the molecule is CCNC(=O)NCC1c2ccccc2-c2ccccc21. The Morgan fingerprint density at radius 2 is 1.50 bits per heavy atom. The van der Waals surface area contributed by atoms with E-state index in [1.54, 1.807) is 0 Å². The largest absolute Gasteiger partial charge is 0.338 e. The summed E-state index contributed by atoms with van der Waals surface area (Å²) >= 11 is 0. The fourth-order valence-corrected chi connectivity index (χ4v) is 2.90. The molecular weight excluding hydrogens is 248 g/mol. The van der Waals surface area contributed by atoms with E-state index in [1.807, 2.05) is 6.92 Å². The van der Waals surface area contributed by atoms with Gasteiger partial charge in [0.05, 0.1) is 0 Å². The van der Waals surface area contributed by atoms with Gasteiger partial charge in [-0.3, -0.25) is 0 Å². The van der Waals surface area contributed by atoms with Crippen LogP contribution in [0.2, 0.25) is 0 Å². The molecule has 1 aliphatic rings. The summed E-state index contributed by atoms with van der Waals surface area (Å²) in [5.74, 6) is 0.241. The molecule has 0 aromatic heterocycles. The Morgan fingerprint density at radius 3 is 2.05 bits per heavy atom. The van der Waals surface area contributed by atoms with Gasteiger partial charge in [0.2, 0.25) is 0 Å². The number of rotatable bonds is 3. The molecule has 2 aromatic rings. The van der Waals surface area contributed by atoms with Crippen LogP contribution < -0.4 is 10.6 Å². The van der Waals surface area contributed by atoms with Crippen molar-refractivity contribution in [2.75, 3.05) is 13.1 Å². The summed E-state index contributed by atoms with van der Waals surface area (Å²) < 4.78 is 0. The molecule has 2 amide bonds. The molecule has 0 spiro atoms. The number of carbonyl (C=O) groups excluding carboxylic acids is 1. The zero-order chi connectivity index (χ0) is 13.9. The smallest absolute Gasteiger partial charge is 0.314 e. The molecule has 2 N–H and O–H groups in total. The van der Waals surface area contributed by atoms with Gasteiger partial charge in [-0.05, 0) is 29.2 Å². The van der Waals surface area contributed by atoms with Crippen LogP contribution in [0.1, 0.15) is 24.0 Å². The molecule has 0 heterocycles. The molecule has 3 rings (SSSR count). The summed E-state index contributed by atoms with van der Waals surface area (Å²) in [6.07, 6.45) is 0. The Morgan fingerprint density at radius 1 is 0.950 bits per heavy atom. The van der Waals surface area contributed by atoms with Gasteiger partial charge >= 0.3 is 6.03 Å². The highest BCUT2D eigenvalue weighted by molar-refractivity contribution is 5.79. The zero-order valence-corrected chi connectivity index (χ0v) is 11.5. The first-order valence-corrected chi connectivity index (χ1v) is 7.01. The number of amides is 2.